The van der Waals surface area contributed by atoms with Crippen LogP contribution < -0.4 is 5.32 Å². The summed E-state index contributed by atoms with van der Waals surface area (Å²) in [6, 6.07) is 5.07. The van der Waals surface area contributed by atoms with Crippen molar-refractivity contribution in [2.24, 2.45) is 0 Å². The van der Waals surface area contributed by atoms with Crippen molar-refractivity contribution < 1.29 is 4.79 Å². The molecule has 17 heavy (non-hydrogen) atoms. The molecule has 0 aliphatic heterocycles. The fourth-order valence-corrected chi connectivity index (χ4v) is 1.14. The molecule has 0 aliphatic carbocycles. The number of pyridine rings is 1. The number of hydrogen-bond acceptors (Lipinski definition) is 5. The Balaban J connectivity index is 2.11. The minimum atomic E-state index is -0.345. The maximum absolute atomic E-state index is 11.7. The molecule has 1 N–H and O–H groups in total. The highest BCUT2D eigenvalue weighted by Crippen LogP contribution is 2.06. The molecule has 82 valence electrons. The monoisotopic (exact) mass is 225 g/mol. The van der Waals surface area contributed by atoms with Crippen LogP contribution in [0.1, 0.15) is 15.9 Å². The molecule has 2 aromatic rings. The van der Waals surface area contributed by atoms with Gasteiger partial charge in [0.05, 0.1) is 11.1 Å². The van der Waals surface area contributed by atoms with Crippen LogP contribution in [0.15, 0.2) is 37.1 Å². The summed E-state index contributed by atoms with van der Waals surface area (Å²) >= 11 is 0. The highest BCUT2D eigenvalue weighted by molar-refractivity contribution is 6.03. The molecule has 0 aromatic carbocycles. The zero-order valence-corrected chi connectivity index (χ0v) is 8.66. The normalized spacial score (nSPS) is 9.35. The van der Waals surface area contributed by atoms with Crippen LogP contribution in [0.25, 0.3) is 0 Å². The molecule has 6 nitrogen and oxygen atoms in total. The number of amides is 1. The molecule has 1 amide bonds. The number of carbonyl (C=O) groups excluding carboxylic acids is 1. The molecule has 0 radical (unpaired) electrons. The SMILES string of the molecule is N#Cc1ccc(NC(=O)c2cncnc2)nc1. The first-order chi connectivity index (χ1) is 8.29. The van der Waals surface area contributed by atoms with E-state index in [1.54, 1.807) is 12.1 Å². The second-order valence-electron chi connectivity index (χ2n) is 3.13. The molecule has 2 heterocycles. The van der Waals surface area contributed by atoms with Gasteiger partial charge in [0.15, 0.2) is 0 Å². The largest absolute Gasteiger partial charge is 0.306 e. The van der Waals surface area contributed by atoms with Gasteiger partial charge in [-0.15, -0.1) is 0 Å². The molecule has 0 fully saturated rings. The summed E-state index contributed by atoms with van der Waals surface area (Å²) < 4.78 is 0. The summed E-state index contributed by atoms with van der Waals surface area (Å²) in [6.07, 6.45) is 5.55. The second kappa shape index (κ2) is 4.81. The topological polar surface area (TPSA) is 91.6 Å². The highest BCUT2D eigenvalue weighted by Gasteiger charge is 2.06. The highest BCUT2D eigenvalue weighted by atomic mass is 16.1. The molecule has 0 saturated heterocycles. The van der Waals surface area contributed by atoms with Gasteiger partial charge in [0.2, 0.25) is 0 Å². The van der Waals surface area contributed by atoms with E-state index in [2.05, 4.69) is 20.3 Å². The van der Waals surface area contributed by atoms with E-state index in [0.29, 0.717) is 16.9 Å². The zero-order chi connectivity index (χ0) is 12.1. The van der Waals surface area contributed by atoms with Crippen molar-refractivity contribution in [1.29, 1.82) is 5.26 Å². The lowest BCUT2D eigenvalue weighted by molar-refractivity contribution is 0.102. The van der Waals surface area contributed by atoms with Crippen molar-refractivity contribution in [2.75, 3.05) is 5.32 Å². The summed E-state index contributed by atoms with van der Waals surface area (Å²) in [4.78, 5) is 23.1. The van der Waals surface area contributed by atoms with Crippen molar-refractivity contribution >= 4 is 11.7 Å². The van der Waals surface area contributed by atoms with Crippen LogP contribution in [0.4, 0.5) is 5.82 Å². The van der Waals surface area contributed by atoms with Crippen molar-refractivity contribution in [3.8, 4) is 6.07 Å². The molecule has 0 atom stereocenters. The third-order valence-electron chi connectivity index (χ3n) is 1.96. The van der Waals surface area contributed by atoms with E-state index in [9.17, 15) is 4.79 Å². The molecular weight excluding hydrogens is 218 g/mol. The number of nitrogens with one attached hydrogen (secondary N) is 1. The Morgan fingerprint density at radius 2 is 2.00 bits per heavy atom. The Kier molecular flexibility index (Phi) is 3.03. The van der Waals surface area contributed by atoms with E-state index in [0.717, 1.165) is 0 Å². The standard InChI is InChI=1S/C11H7N5O/c12-3-8-1-2-10(15-4-8)16-11(17)9-5-13-7-14-6-9/h1-2,4-7H,(H,15,16,17). The van der Waals surface area contributed by atoms with Gasteiger partial charge in [-0.1, -0.05) is 0 Å². The van der Waals surface area contributed by atoms with Crippen LogP contribution in [-0.4, -0.2) is 20.9 Å². The number of nitrogens with zero attached hydrogens (tertiary/aromatic N) is 4. The Labute approximate surface area is 97.0 Å². The van der Waals surface area contributed by atoms with E-state index < -0.39 is 0 Å². The Bertz CT molecular complexity index is 559. The molecule has 6 heteroatoms. The third kappa shape index (κ3) is 2.60. The molecule has 0 spiro atoms. The molecule has 2 rings (SSSR count). The predicted octanol–water partition coefficient (Wildman–Crippen LogP) is 0.996. The maximum Gasteiger partial charge on any atom is 0.259 e. The molecule has 0 aliphatic rings. The minimum absolute atomic E-state index is 0.345. The number of anilines is 1. The van der Waals surface area contributed by atoms with Gasteiger partial charge in [0, 0.05) is 18.6 Å². The first kappa shape index (κ1) is 10.7. The first-order valence-electron chi connectivity index (χ1n) is 4.72. The van der Waals surface area contributed by atoms with Crippen LogP contribution in [0.5, 0.6) is 0 Å². The molecule has 0 unspecified atom stereocenters. The average Bonchev–Trinajstić information content (AvgIpc) is 2.40. The van der Waals surface area contributed by atoms with Gasteiger partial charge in [-0.05, 0) is 12.1 Å². The van der Waals surface area contributed by atoms with Crippen LogP contribution in [-0.2, 0) is 0 Å². The van der Waals surface area contributed by atoms with Crippen molar-refractivity contribution in [2.45, 2.75) is 0 Å². The number of nitriles is 1. The summed E-state index contributed by atoms with van der Waals surface area (Å²) in [7, 11) is 0. The van der Waals surface area contributed by atoms with E-state index in [-0.39, 0.29) is 5.91 Å². The van der Waals surface area contributed by atoms with Gasteiger partial charge >= 0.3 is 0 Å². The Hall–Kier alpha value is -2.81. The van der Waals surface area contributed by atoms with Gasteiger partial charge < -0.3 is 5.32 Å². The van der Waals surface area contributed by atoms with Crippen molar-refractivity contribution in [3.05, 3.63) is 48.2 Å². The number of aromatic nitrogens is 3. The molecule has 0 saturated carbocycles. The van der Waals surface area contributed by atoms with E-state index in [1.165, 1.54) is 24.9 Å². The van der Waals surface area contributed by atoms with Gasteiger partial charge in [-0.3, -0.25) is 4.79 Å². The van der Waals surface area contributed by atoms with Gasteiger partial charge in [0.1, 0.15) is 18.2 Å². The summed E-state index contributed by atoms with van der Waals surface area (Å²) in [5.74, 6) is 0.0284. The summed E-state index contributed by atoms with van der Waals surface area (Å²) in [6.45, 7) is 0. The summed E-state index contributed by atoms with van der Waals surface area (Å²) in [5, 5.41) is 11.2. The van der Waals surface area contributed by atoms with Crippen molar-refractivity contribution in [1.82, 2.24) is 15.0 Å². The van der Waals surface area contributed by atoms with Crippen LogP contribution in [0.3, 0.4) is 0 Å². The smallest absolute Gasteiger partial charge is 0.259 e. The number of carbonyl (C=O) groups is 1. The molecule has 0 bridgehead atoms. The minimum Gasteiger partial charge on any atom is -0.306 e. The fraction of sp³-hybridized carbons (Fsp3) is 0. The predicted molar refractivity (Wildman–Crippen MR) is 58.9 cm³/mol. The van der Waals surface area contributed by atoms with Crippen LogP contribution in [0, 0.1) is 11.3 Å². The summed E-state index contributed by atoms with van der Waals surface area (Å²) in [5.41, 5.74) is 0.782. The van der Waals surface area contributed by atoms with E-state index in [1.807, 2.05) is 6.07 Å². The second-order valence-corrected chi connectivity index (χ2v) is 3.13. The van der Waals surface area contributed by atoms with E-state index in [4.69, 9.17) is 5.26 Å². The van der Waals surface area contributed by atoms with Crippen LogP contribution >= 0.6 is 0 Å². The lowest BCUT2D eigenvalue weighted by Crippen LogP contribution is -2.13. The van der Waals surface area contributed by atoms with Crippen LogP contribution in [0.2, 0.25) is 0 Å². The number of rotatable bonds is 2. The third-order valence-corrected chi connectivity index (χ3v) is 1.96. The first-order valence-corrected chi connectivity index (χ1v) is 4.72. The van der Waals surface area contributed by atoms with Gasteiger partial charge in [-0.2, -0.15) is 5.26 Å². The van der Waals surface area contributed by atoms with Gasteiger partial charge in [0.25, 0.3) is 5.91 Å². The quantitative estimate of drug-likeness (QED) is 0.822. The Morgan fingerprint density at radius 1 is 1.24 bits per heavy atom. The van der Waals surface area contributed by atoms with Crippen molar-refractivity contribution in [3.63, 3.8) is 0 Å². The zero-order valence-electron chi connectivity index (χ0n) is 8.66. The number of hydrogen-bond donors (Lipinski definition) is 1. The lowest BCUT2D eigenvalue weighted by Gasteiger charge is -2.02. The maximum atomic E-state index is 11.7. The molecule has 2 aromatic heterocycles. The lowest BCUT2D eigenvalue weighted by atomic mass is 10.3. The Morgan fingerprint density at radius 3 is 2.59 bits per heavy atom. The fourth-order valence-electron chi connectivity index (χ4n) is 1.14. The van der Waals surface area contributed by atoms with Gasteiger partial charge in [-0.25, -0.2) is 15.0 Å². The average molecular weight is 225 g/mol. The van der Waals surface area contributed by atoms with E-state index >= 15 is 0 Å². The molecular formula is C11H7N5O.